The number of nitrogens with one attached hydrogen (secondary N) is 1. The number of anilines is 1. The van der Waals surface area contributed by atoms with Gasteiger partial charge in [-0.25, -0.2) is 0 Å². The highest BCUT2D eigenvalue weighted by Gasteiger charge is 2.08. The van der Waals surface area contributed by atoms with Crippen molar-refractivity contribution < 1.29 is 4.74 Å². The summed E-state index contributed by atoms with van der Waals surface area (Å²) in [5.74, 6) is 1.69. The average molecular weight is 354 g/mol. The van der Waals surface area contributed by atoms with Gasteiger partial charge in [-0.05, 0) is 61.4 Å². The lowest BCUT2D eigenvalue weighted by Gasteiger charge is -2.18. The molecule has 0 fully saturated rings. The zero-order valence-corrected chi connectivity index (χ0v) is 16.5. The summed E-state index contributed by atoms with van der Waals surface area (Å²) in [6.45, 7) is 3.36. The number of ether oxygens (including phenoxy) is 1. The van der Waals surface area contributed by atoms with Crippen LogP contribution in [0.15, 0.2) is 54.6 Å². The number of rotatable bonds is 13. The molecular formula is C24H35NO. The van der Waals surface area contributed by atoms with Crippen molar-refractivity contribution in [1.29, 1.82) is 0 Å². The lowest BCUT2D eigenvalue weighted by atomic mass is 9.94. The Hall–Kier alpha value is -1.96. The van der Waals surface area contributed by atoms with Crippen LogP contribution in [0.25, 0.3) is 0 Å². The van der Waals surface area contributed by atoms with E-state index in [0.29, 0.717) is 0 Å². The second-order valence-electron chi connectivity index (χ2n) is 7.20. The van der Waals surface area contributed by atoms with Gasteiger partial charge in [-0.2, -0.15) is 0 Å². The van der Waals surface area contributed by atoms with E-state index < -0.39 is 0 Å². The normalized spacial score (nSPS) is 11.9. The van der Waals surface area contributed by atoms with Crippen LogP contribution in [0.1, 0.15) is 57.4 Å². The van der Waals surface area contributed by atoms with Gasteiger partial charge in [-0.1, -0.05) is 62.9 Å². The van der Waals surface area contributed by atoms with Gasteiger partial charge in [0.15, 0.2) is 0 Å². The van der Waals surface area contributed by atoms with Crippen LogP contribution in [0.4, 0.5) is 5.69 Å². The Morgan fingerprint density at radius 2 is 1.58 bits per heavy atom. The molecule has 1 N–H and O–H groups in total. The Kier molecular flexibility index (Phi) is 9.71. The summed E-state index contributed by atoms with van der Waals surface area (Å²) in [7, 11) is 1.71. The van der Waals surface area contributed by atoms with Crippen molar-refractivity contribution in [3.05, 3.63) is 60.2 Å². The van der Waals surface area contributed by atoms with E-state index >= 15 is 0 Å². The monoisotopic (exact) mass is 353 g/mol. The highest BCUT2D eigenvalue weighted by Crippen LogP contribution is 2.20. The number of aryl methyl sites for hydroxylation is 1. The van der Waals surface area contributed by atoms with Crippen LogP contribution >= 0.6 is 0 Å². The Morgan fingerprint density at radius 1 is 0.846 bits per heavy atom. The van der Waals surface area contributed by atoms with Crippen LogP contribution in [0.5, 0.6) is 5.75 Å². The Labute approximate surface area is 160 Å². The maximum atomic E-state index is 5.23. The predicted molar refractivity (Wildman–Crippen MR) is 113 cm³/mol. The summed E-state index contributed by atoms with van der Waals surface area (Å²) in [6, 6.07) is 19.1. The quantitative estimate of drug-likeness (QED) is 0.404. The smallest absolute Gasteiger partial charge is 0.119 e. The van der Waals surface area contributed by atoms with Crippen LogP contribution in [0.3, 0.4) is 0 Å². The van der Waals surface area contributed by atoms with E-state index in [1.807, 2.05) is 12.1 Å². The zero-order chi connectivity index (χ0) is 18.5. The second-order valence-corrected chi connectivity index (χ2v) is 7.20. The summed E-state index contributed by atoms with van der Waals surface area (Å²) in [5.41, 5.74) is 2.66. The van der Waals surface area contributed by atoms with Gasteiger partial charge >= 0.3 is 0 Å². The Bertz CT molecular complexity index is 579. The summed E-state index contributed by atoms with van der Waals surface area (Å²) in [4.78, 5) is 0. The molecule has 142 valence electrons. The van der Waals surface area contributed by atoms with Crippen LogP contribution < -0.4 is 10.1 Å². The standard InChI is InChI=1S/C24H35NO/c1-3-4-11-22(20-25-23-16-18-24(26-2)19-17-23)15-10-6-9-14-21-12-7-5-8-13-21/h5,7-8,12-13,16-19,22,25H,3-4,6,9-11,14-15,20H2,1-2H3. The van der Waals surface area contributed by atoms with Crippen LogP contribution in [-0.4, -0.2) is 13.7 Å². The van der Waals surface area contributed by atoms with Crippen LogP contribution in [0, 0.1) is 5.92 Å². The third-order valence-electron chi connectivity index (χ3n) is 5.07. The summed E-state index contributed by atoms with van der Waals surface area (Å²) >= 11 is 0. The van der Waals surface area contributed by atoms with Gasteiger partial charge in [-0.3, -0.25) is 0 Å². The van der Waals surface area contributed by atoms with Gasteiger partial charge in [-0.15, -0.1) is 0 Å². The van der Waals surface area contributed by atoms with Crippen molar-refractivity contribution >= 4 is 5.69 Å². The molecular weight excluding hydrogens is 318 g/mol. The molecule has 2 rings (SSSR count). The van der Waals surface area contributed by atoms with Gasteiger partial charge in [0.05, 0.1) is 7.11 Å². The first kappa shape index (κ1) is 20.4. The van der Waals surface area contributed by atoms with Crippen LogP contribution in [0.2, 0.25) is 0 Å². The average Bonchev–Trinajstić information content (AvgIpc) is 2.70. The third-order valence-corrected chi connectivity index (χ3v) is 5.07. The summed E-state index contributed by atoms with van der Waals surface area (Å²) in [5, 5.41) is 3.62. The minimum atomic E-state index is 0.772. The highest BCUT2D eigenvalue weighted by atomic mass is 16.5. The molecule has 0 saturated carbocycles. The lowest BCUT2D eigenvalue weighted by Crippen LogP contribution is -2.14. The van der Waals surface area contributed by atoms with Crippen LogP contribution in [-0.2, 0) is 6.42 Å². The largest absolute Gasteiger partial charge is 0.497 e. The van der Waals surface area contributed by atoms with E-state index in [2.05, 4.69) is 54.7 Å². The molecule has 0 bridgehead atoms. The molecule has 1 atom stereocenters. The zero-order valence-electron chi connectivity index (χ0n) is 16.5. The number of methoxy groups -OCH3 is 1. The van der Waals surface area contributed by atoms with Gasteiger partial charge in [0.25, 0.3) is 0 Å². The maximum absolute atomic E-state index is 5.23. The lowest BCUT2D eigenvalue weighted by molar-refractivity contribution is 0.414. The van der Waals surface area contributed by atoms with E-state index in [-0.39, 0.29) is 0 Å². The molecule has 2 nitrogen and oxygen atoms in total. The van der Waals surface area contributed by atoms with Gasteiger partial charge in [0.2, 0.25) is 0 Å². The van der Waals surface area contributed by atoms with E-state index in [9.17, 15) is 0 Å². The van der Waals surface area contributed by atoms with Crippen molar-refractivity contribution in [3.8, 4) is 5.75 Å². The first-order valence-corrected chi connectivity index (χ1v) is 10.2. The van der Waals surface area contributed by atoms with E-state index in [1.165, 1.54) is 62.6 Å². The fourth-order valence-corrected chi connectivity index (χ4v) is 3.40. The fourth-order valence-electron chi connectivity index (χ4n) is 3.40. The fraction of sp³-hybridized carbons (Fsp3) is 0.500. The van der Waals surface area contributed by atoms with Crippen molar-refractivity contribution in [3.63, 3.8) is 0 Å². The molecule has 0 aliphatic carbocycles. The molecule has 26 heavy (non-hydrogen) atoms. The van der Waals surface area contributed by atoms with Crippen molar-refractivity contribution in [2.45, 2.75) is 58.3 Å². The molecule has 0 aliphatic rings. The Morgan fingerprint density at radius 3 is 2.27 bits per heavy atom. The molecule has 0 aliphatic heterocycles. The number of unbranched alkanes of at least 4 members (excludes halogenated alkanes) is 3. The maximum Gasteiger partial charge on any atom is 0.119 e. The van der Waals surface area contributed by atoms with E-state index in [1.54, 1.807) is 7.11 Å². The molecule has 0 radical (unpaired) electrons. The van der Waals surface area contributed by atoms with Gasteiger partial charge in [0, 0.05) is 12.2 Å². The minimum absolute atomic E-state index is 0.772. The van der Waals surface area contributed by atoms with Gasteiger partial charge in [0.1, 0.15) is 5.75 Å². The molecule has 0 spiro atoms. The molecule has 0 amide bonds. The first-order valence-electron chi connectivity index (χ1n) is 10.2. The predicted octanol–water partition coefficient (Wildman–Crippen LogP) is 6.72. The van der Waals surface area contributed by atoms with Crippen molar-refractivity contribution in [2.75, 3.05) is 19.0 Å². The van der Waals surface area contributed by atoms with Gasteiger partial charge < -0.3 is 10.1 Å². The second kappa shape index (κ2) is 12.4. The molecule has 1 unspecified atom stereocenters. The molecule has 0 aromatic heterocycles. The molecule has 2 aromatic rings. The number of hydrogen-bond acceptors (Lipinski definition) is 2. The minimum Gasteiger partial charge on any atom is -0.497 e. The molecule has 0 heterocycles. The summed E-state index contributed by atoms with van der Waals surface area (Å²) < 4.78 is 5.23. The summed E-state index contributed by atoms with van der Waals surface area (Å²) in [6.07, 6.45) is 10.5. The van der Waals surface area contributed by atoms with E-state index in [4.69, 9.17) is 4.74 Å². The number of hydrogen-bond donors (Lipinski definition) is 1. The number of benzene rings is 2. The SMILES string of the molecule is CCCCC(CCCCCc1ccccc1)CNc1ccc(OC)cc1. The van der Waals surface area contributed by atoms with Crippen molar-refractivity contribution in [2.24, 2.45) is 5.92 Å². The molecule has 2 aromatic carbocycles. The topological polar surface area (TPSA) is 21.3 Å². The Balaban J connectivity index is 1.68. The highest BCUT2D eigenvalue weighted by molar-refractivity contribution is 5.46. The van der Waals surface area contributed by atoms with Crippen molar-refractivity contribution in [1.82, 2.24) is 0 Å². The molecule has 2 heteroatoms. The third kappa shape index (κ3) is 7.95. The van der Waals surface area contributed by atoms with E-state index in [0.717, 1.165) is 18.2 Å². The molecule has 0 saturated heterocycles. The first-order chi connectivity index (χ1) is 12.8.